The van der Waals surface area contributed by atoms with Crippen LogP contribution in [0.4, 0.5) is 0 Å². The van der Waals surface area contributed by atoms with E-state index in [1.54, 1.807) is 0 Å². The van der Waals surface area contributed by atoms with Crippen LogP contribution in [0.3, 0.4) is 0 Å². The number of hydrogen-bond acceptors (Lipinski definition) is 2. The molecule has 0 aliphatic heterocycles. The minimum atomic E-state index is 0.331. The van der Waals surface area contributed by atoms with Crippen LogP contribution in [-0.4, -0.2) is 9.97 Å². The average Bonchev–Trinajstić information content (AvgIpc) is 2.88. The molecular formula is C17H19N3. The third-order valence-corrected chi connectivity index (χ3v) is 3.79. The van der Waals surface area contributed by atoms with E-state index in [0.29, 0.717) is 6.04 Å². The second-order valence-electron chi connectivity index (χ2n) is 5.17. The van der Waals surface area contributed by atoms with E-state index >= 15 is 0 Å². The number of hydrogen-bond donors (Lipinski definition) is 2. The first-order valence-corrected chi connectivity index (χ1v) is 6.95. The maximum absolute atomic E-state index is 4.32. The van der Waals surface area contributed by atoms with Gasteiger partial charge in [0.2, 0.25) is 0 Å². The summed E-state index contributed by atoms with van der Waals surface area (Å²) in [5.41, 5.74) is 4.89. The summed E-state index contributed by atoms with van der Waals surface area (Å²) >= 11 is 0. The number of aromatic amines is 1. The summed E-state index contributed by atoms with van der Waals surface area (Å²) in [7, 11) is 0. The van der Waals surface area contributed by atoms with Gasteiger partial charge in [0, 0.05) is 30.4 Å². The smallest absolute Gasteiger partial charge is 0.137 e. The highest BCUT2D eigenvalue weighted by Gasteiger charge is 2.09. The number of fused-ring (bicyclic) bond motifs is 1. The molecule has 0 aliphatic rings. The predicted molar refractivity (Wildman–Crippen MR) is 82.5 cm³/mol. The summed E-state index contributed by atoms with van der Waals surface area (Å²) in [6.07, 6.45) is 3.85. The molecule has 0 saturated carbocycles. The minimum absolute atomic E-state index is 0.331. The lowest BCUT2D eigenvalue weighted by Crippen LogP contribution is -2.18. The molecule has 20 heavy (non-hydrogen) atoms. The van der Waals surface area contributed by atoms with Gasteiger partial charge in [-0.15, -0.1) is 0 Å². The second-order valence-corrected chi connectivity index (χ2v) is 5.17. The first-order chi connectivity index (χ1) is 9.75. The third kappa shape index (κ3) is 2.45. The van der Waals surface area contributed by atoms with E-state index in [2.05, 4.69) is 59.5 Å². The van der Waals surface area contributed by atoms with E-state index in [-0.39, 0.29) is 0 Å². The standard InChI is InChI=1S/C17H19N3/c1-12-6-3-4-7-15(12)13(2)19-10-14-11-20-17-16(14)8-5-9-18-17/h3-9,11,13,19H,10H2,1-2H3,(H,18,20)/t13-/m0/s1. The zero-order chi connectivity index (χ0) is 13.9. The van der Waals surface area contributed by atoms with Crippen molar-refractivity contribution in [3.05, 3.63) is 65.5 Å². The molecule has 0 unspecified atom stereocenters. The molecule has 2 heterocycles. The maximum Gasteiger partial charge on any atom is 0.137 e. The molecule has 1 atom stereocenters. The molecule has 0 spiro atoms. The van der Waals surface area contributed by atoms with Crippen molar-refractivity contribution < 1.29 is 0 Å². The number of nitrogens with one attached hydrogen (secondary N) is 2. The number of nitrogens with zero attached hydrogens (tertiary/aromatic N) is 1. The first-order valence-electron chi connectivity index (χ1n) is 6.95. The molecule has 2 N–H and O–H groups in total. The fourth-order valence-electron chi connectivity index (χ4n) is 2.60. The van der Waals surface area contributed by atoms with Crippen molar-refractivity contribution in [2.45, 2.75) is 26.4 Å². The van der Waals surface area contributed by atoms with Gasteiger partial charge < -0.3 is 10.3 Å². The van der Waals surface area contributed by atoms with Crippen LogP contribution < -0.4 is 5.32 Å². The van der Waals surface area contributed by atoms with E-state index < -0.39 is 0 Å². The van der Waals surface area contributed by atoms with Crippen molar-refractivity contribution in [3.8, 4) is 0 Å². The monoisotopic (exact) mass is 265 g/mol. The van der Waals surface area contributed by atoms with Crippen molar-refractivity contribution >= 4 is 11.0 Å². The minimum Gasteiger partial charge on any atom is -0.346 e. The molecule has 3 rings (SSSR count). The molecule has 3 heteroatoms. The van der Waals surface area contributed by atoms with E-state index in [0.717, 1.165) is 12.2 Å². The molecule has 3 nitrogen and oxygen atoms in total. The highest BCUT2D eigenvalue weighted by molar-refractivity contribution is 5.79. The van der Waals surface area contributed by atoms with Crippen molar-refractivity contribution in [1.82, 2.24) is 15.3 Å². The van der Waals surface area contributed by atoms with Crippen LogP contribution in [0, 0.1) is 6.92 Å². The summed E-state index contributed by atoms with van der Waals surface area (Å²) in [6, 6.07) is 12.9. The predicted octanol–water partition coefficient (Wildman–Crippen LogP) is 3.72. The Labute approximate surface area is 119 Å². The number of benzene rings is 1. The van der Waals surface area contributed by atoms with E-state index in [1.807, 2.05) is 18.5 Å². The highest BCUT2D eigenvalue weighted by atomic mass is 14.9. The van der Waals surface area contributed by atoms with Gasteiger partial charge in [-0.1, -0.05) is 24.3 Å². The Hall–Kier alpha value is -2.13. The lowest BCUT2D eigenvalue weighted by Gasteiger charge is -2.16. The Balaban J connectivity index is 1.75. The Morgan fingerprint density at radius 1 is 1.20 bits per heavy atom. The van der Waals surface area contributed by atoms with Crippen molar-refractivity contribution in [1.29, 1.82) is 0 Å². The SMILES string of the molecule is Cc1ccccc1[C@H](C)NCc1c[nH]c2ncccc12. The zero-order valence-electron chi connectivity index (χ0n) is 11.9. The Morgan fingerprint density at radius 2 is 2.05 bits per heavy atom. The van der Waals surface area contributed by atoms with Gasteiger partial charge >= 0.3 is 0 Å². The van der Waals surface area contributed by atoms with Crippen LogP contribution in [0.5, 0.6) is 0 Å². The largest absolute Gasteiger partial charge is 0.346 e. The number of pyridine rings is 1. The van der Waals surface area contributed by atoms with Crippen LogP contribution in [0.15, 0.2) is 48.8 Å². The summed E-state index contributed by atoms with van der Waals surface area (Å²) in [5, 5.41) is 4.78. The fraction of sp³-hybridized carbons (Fsp3) is 0.235. The molecule has 0 bridgehead atoms. The molecule has 2 aromatic heterocycles. The quantitative estimate of drug-likeness (QED) is 0.754. The van der Waals surface area contributed by atoms with Crippen LogP contribution in [0.1, 0.15) is 29.7 Å². The number of rotatable bonds is 4. The van der Waals surface area contributed by atoms with E-state index in [4.69, 9.17) is 0 Å². The maximum atomic E-state index is 4.32. The van der Waals surface area contributed by atoms with E-state index in [1.165, 1.54) is 22.1 Å². The van der Waals surface area contributed by atoms with Crippen LogP contribution in [0.25, 0.3) is 11.0 Å². The van der Waals surface area contributed by atoms with Gasteiger partial charge in [0.05, 0.1) is 0 Å². The Kier molecular flexibility index (Phi) is 3.52. The normalized spacial score (nSPS) is 12.7. The fourth-order valence-corrected chi connectivity index (χ4v) is 2.60. The molecule has 3 aromatic rings. The van der Waals surface area contributed by atoms with Crippen molar-refractivity contribution in [2.24, 2.45) is 0 Å². The summed E-state index contributed by atoms with van der Waals surface area (Å²) in [5.74, 6) is 0. The van der Waals surface area contributed by atoms with Gasteiger partial charge in [0.25, 0.3) is 0 Å². The van der Waals surface area contributed by atoms with Gasteiger partial charge in [-0.3, -0.25) is 0 Å². The van der Waals surface area contributed by atoms with Gasteiger partial charge in [0.1, 0.15) is 5.65 Å². The molecule has 0 radical (unpaired) electrons. The molecule has 0 amide bonds. The second kappa shape index (κ2) is 5.47. The van der Waals surface area contributed by atoms with E-state index in [9.17, 15) is 0 Å². The number of aromatic nitrogens is 2. The lowest BCUT2D eigenvalue weighted by atomic mass is 10.0. The molecule has 102 valence electrons. The highest BCUT2D eigenvalue weighted by Crippen LogP contribution is 2.19. The topological polar surface area (TPSA) is 40.7 Å². The number of H-pyrrole nitrogens is 1. The lowest BCUT2D eigenvalue weighted by molar-refractivity contribution is 0.574. The van der Waals surface area contributed by atoms with Gasteiger partial charge in [-0.2, -0.15) is 0 Å². The summed E-state index contributed by atoms with van der Waals surface area (Å²) in [4.78, 5) is 7.53. The van der Waals surface area contributed by atoms with Gasteiger partial charge in [-0.05, 0) is 42.7 Å². The first kappa shape index (κ1) is 12.9. The summed E-state index contributed by atoms with van der Waals surface area (Å²) in [6.45, 7) is 5.19. The van der Waals surface area contributed by atoms with Crippen molar-refractivity contribution in [3.63, 3.8) is 0 Å². The molecule has 0 saturated heterocycles. The molecule has 1 aromatic carbocycles. The zero-order valence-corrected chi connectivity index (χ0v) is 11.9. The molecular weight excluding hydrogens is 246 g/mol. The Bertz CT molecular complexity index is 715. The van der Waals surface area contributed by atoms with Crippen LogP contribution in [-0.2, 0) is 6.54 Å². The molecule has 0 aliphatic carbocycles. The third-order valence-electron chi connectivity index (χ3n) is 3.79. The summed E-state index contributed by atoms with van der Waals surface area (Å²) < 4.78 is 0. The van der Waals surface area contributed by atoms with Crippen LogP contribution in [0.2, 0.25) is 0 Å². The van der Waals surface area contributed by atoms with Crippen molar-refractivity contribution in [2.75, 3.05) is 0 Å². The average molecular weight is 265 g/mol. The number of aryl methyl sites for hydroxylation is 1. The van der Waals surface area contributed by atoms with Gasteiger partial charge in [-0.25, -0.2) is 4.98 Å². The Morgan fingerprint density at radius 3 is 2.90 bits per heavy atom. The molecule has 0 fully saturated rings. The van der Waals surface area contributed by atoms with Gasteiger partial charge in [0.15, 0.2) is 0 Å². The van der Waals surface area contributed by atoms with Crippen LogP contribution >= 0.6 is 0 Å².